The highest BCUT2D eigenvalue weighted by Crippen LogP contribution is 2.41. The number of nitrogens with zero attached hydrogens (tertiary/aromatic N) is 3. The third kappa shape index (κ3) is 2.74. The van der Waals surface area contributed by atoms with Crippen LogP contribution in [0, 0.1) is 5.92 Å². The molecule has 2 fully saturated rings. The number of H-pyrrole nitrogens is 1. The van der Waals surface area contributed by atoms with E-state index in [-0.39, 0.29) is 22.3 Å². The van der Waals surface area contributed by atoms with E-state index in [2.05, 4.69) is 19.0 Å². The van der Waals surface area contributed by atoms with Gasteiger partial charge in [0.05, 0.1) is 29.1 Å². The van der Waals surface area contributed by atoms with Crippen molar-refractivity contribution in [3.63, 3.8) is 0 Å². The molecule has 9 nitrogen and oxygen atoms in total. The van der Waals surface area contributed by atoms with Gasteiger partial charge < -0.3 is 25.8 Å². The molecule has 29 heavy (non-hydrogen) atoms. The van der Waals surface area contributed by atoms with Gasteiger partial charge in [0.25, 0.3) is 5.56 Å². The van der Waals surface area contributed by atoms with Gasteiger partial charge in [0.2, 0.25) is 5.43 Å². The van der Waals surface area contributed by atoms with Gasteiger partial charge in [-0.05, 0) is 36.5 Å². The predicted molar refractivity (Wildman–Crippen MR) is 116 cm³/mol. The Bertz CT molecular complexity index is 1270. The van der Waals surface area contributed by atoms with Gasteiger partial charge in [-0.1, -0.05) is 5.16 Å². The maximum absolute atomic E-state index is 13.0. The van der Waals surface area contributed by atoms with Gasteiger partial charge in [0.15, 0.2) is 0 Å². The summed E-state index contributed by atoms with van der Waals surface area (Å²) in [6.45, 7) is 1.72. The van der Waals surface area contributed by atoms with Crippen LogP contribution in [-0.2, 0) is 4.84 Å². The normalized spacial score (nSPS) is 21.0. The number of oxime groups is 1. The summed E-state index contributed by atoms with van der Waals surface area (Å²) >= 11 is 1.22. The van der Waals surface area contributed by atoms with Crippen LogP contribution in [-0.4, -0.2) is 41.4 Å². The summed E-state index contributed by atoms with van der Waals surface area (Å²) < 4.78 is 4.84. The fourth-order valence-corrected chi connectivity index (χ4v) is 5.15. The zero-order valence-corrected chi connectivity index (χ0v) is 16.8. The molecule has 1 saturated carbocycles. The van der Waals surface area contributed by atoms with Crippen molar-refractivity contribution in [1.29, 1.82) is 0 Å². The summed E-state index contributed by atoms with van der Waals surface area (Å²) in [7, 11) is 1.52. The summed E-state index contributed by atoms with van der Waals surface area (Å²) in [5.41, 5.74) is 14.7. The van der Waals surface area contributed by atoms with Crippen LogP contribution in [0.15, 0.2) is 26.9 Å². The SMILES string of the molecule is CO/N=C1\CN(c2cc3c(cc2N)c(=O)c2c(=O)[nH]sc2n3C2CC2)CC1CN. The molecule has 1 saturated heterocycles. The number of pyridine rings is 1. The first kappa shape index (κ1) is 18.2. The van der Waals surface area contributed by atoms with Crippen molar-refractivity contribution >= 4 is 49.7 Å². The van der Waals surface area contributed by atoms with E-state index in [4.69, 9.17) is 16.3 Å². The standard InChI is InChI=1S/C19H22N6O3S/c1-28-22-13-8-24(7-9(13)6-20)15-5-14-11(4-12(15)21)17(26)16-18(27)23-29-19(16)25(14)10-2-3-10/h4-5,9-10H,2-3,6-8,20-21H2,1H3,(H,23,27)/b22-13+. The van der Waals surface area contributed by atoms with Crippen LogP contribution in [0.3, 0.4) is 0 Å². The van der Waals surface area contributed by atoms with Crippen LogP contribution >= 0.6 is 11.5 Å². The Kier molecular flexibility index (Phi) is 4.14. The van der Waals surface area contributed by atoms with Crippen LogP contribution in [0.4, 0.5) is 11.4 Å². The molecule has 0 radical (unpaired) electrons. The van der Waals surface area contributed by atoms with E-state index in [1.807, 2.05) is 6.07 Å². The maximum atomic E-state index is 13.0. The Morgan fingerprint density at radius 1 is 1.34 bits per heavy atom. The first-order valence-corrected chi connectivity index (χ1v) is 10.4. The number of fused-ring (bicyclic) bond motifs is 2. The quantitative estimate of drug-likeness (QED) is 0.434. The van der Waals surface area contributed by atoms with Crippen LogP contribution < -0.4 is 27.4 Å². The van der Waals surface area contributed by atoms with E-state index in [1.165, 1.54) is 18.6 Å². The van der Waals surface area contributed by atoms with Crippen molar-refractivity contribution < 1.29 is 4.84 Å². The number of nitrogen functional groups attached to an aromatic ring is 1. The highest BCUT2D eigenvalue weighted by atomic mass is 32.1. The molecule has 1 unspecified atom stereocenters. The molecule has 5 rings (SSSR count). The summed E-state index contributed by atoms with van der Waals surface area (Å²) in [4.78, 5) is 33.1. The van der Waals surface area contributed by atoms with Crippen LogP contribution in [0.2, 0.25) is 0 Å². The Balaban J connectivity index is 1.73. The number of aromatic amines is 1. The Labute approximate surface area is 169 Å². The molecule has 1 aromatic carbocycles. The van der Waals surface area contributed by atoms with E-state index < -0.39 is 0 Å². The fourth-order valence-electron chi connectivity index (χ4n) is 4.23. The summed E-state index contributed by atoms with van der Waals surface area (Å²) in [5, 5.41) is 4.82. The third-order valence-electron chi connectivity index (χ3n) is 5.79. The number of hydrogen-bond donors (Lipinski definition) is 3. The first-order chi connectivity index (χ1) is 14.0. The lowest BCUT2D eigenvalue weighted by Gasteiger charge is -2.22. The molecule has 3 aromatic rings. The van der Waals surface area contributed by atoms with Crippen molar-refractivity contribution in [2.45, 2.75) is 18.9 Å². The van der Waals surface area contributed by atoms with Crippen LogP contribution in [0.25, 0.3) is 21.1 Å². The molecule has 2 aromatic heterocycles. The fraction of sp³-hybridized carbons (Fsp3) is 0.421. The summed E-state index contributed by atoms with van der Waals surface area (Å²) in [6.07, 6.45) is 2.06. The van der Waals surface area contributed by atoms with Gasteiger partial charge in [-0.3, -0.25) is 14.0 Å². The van der Waals surface area contributed by atoms with Gasteiger partial charge in [-0.2, -0.15) is 0 Å². The molecule has 2 aliphatic rings. The lowest BCUT2D eigenvalue weighted by Crippen LogP contribution is -2.24. The lowest BCUT2D eigenvalue weighted by atomic mass is 10.1. The molecule has 1 aliphatic carbocycles. The molecule has 3 heterocycles. The minimum Gasteiger partial charge on any atom is -0.399 e. The molecule has 1 aliphatic heterocycles. The van der Waals surface area contributed by atoms with Crippen LogP contribution in [0.5, 0.6) is 0 Å². The van der Waals surface area contributed by atoms with E-state index in [1.54, 1.807) is 6.07 Å². The molecule has 152 valence electrons. The van der Waals surface area contributed by atoms with Crippen LogP contribution in [0.1, 0.15) is 18.9 Å². The molecule has 5 N–H and O–H groups in total. The zero-order chi connectivity index (χ0) is 20.3. The Morgan fingerprint density at radius 3 is 2.83 bits per heavy atom. The maximum Gasteiger partial charge on any atom is 0.271 e. The number of anilines is 2. The van der Waals surface area contributed by atoms with E-state index >= 15 is 0 Å². The topological polar surface area (TPSA) is 132 Å². The van der Waals surface area contributed by atoms with Gasteiger partial charge >= 0.3 is 0 Å². The summed E-state index contributed by atoms with van der Waals surface area (Å²) in [6, 6.07) is 3.97. The van der Waals surface area contributed by atoms with Gasteiger partial charge in [-0.25, -0.2) is 0 Å². The average Bonchev–Trinajstić information content (AvgIpc) is 3.35. The Morgan fingerprint density at radius 2 is 2.14 bits per heavy atom. The van der Waals surface area contributed by atoms with E-state index in [9.17, 15) is 9.59 Å². The first-order valence-electron chi connectivity index (χ1n) is 9.57. The molecule has 1 atom stereocenters. The number of aromatic nitrogens is 2. The highest BCUT2D eigenvalue weighted by Gasteiger charge is 2.32. The average molecular weight is 414 g/mol. The number of nitrogens with two attached hydrogens (primary N) is 2. The molecule has 0 amide bonds. The largest absolute Gasteiger partial charge is 0.399 e. The molecule has 0 bridgehead atoms. The molecule has 0 spiro atoms. The van der Waals surface area contributed by atoms with Crippen molar-refractivity contribution in [3.8, 4) is 0 Å². The smallest absolute Gasteiger partial charge is 0.271 e. The van der Waals surface area contributed by atoms with Crippen molar-refractivity contribution in [2.75, 3.05) is 37.4 Å². The van der Waals surface area contributed by atoms with Gasteiger partial charge in [-0.15, -0.1) is 0 Å². The monoisotopic (exact) mass is 414 g/mol. The minimum atomic E-state index is -0.334. The minimum absolute atomic E-state index is 0.0908. The number of nitrogens with one attached hydrogen (secondary N) is 1. The molecule has 10 heteroatoms. The highest BCUT2D eigenvalue weighted by molar-refractivity contribution is 7.12. The Hall–Kier alpha value is -2.85. The zero-order valence-electron chi connectivity index (χ0n) is 16.0. The van der Waals surface area contributed by atoms with Gasteiger partial charge in [0.1, 0.15) is 17.3 Å². The third-order valence-corrected chi connectivity index (χ3v) is 6.67. The predicted octanol–water partition coefficient (Wildman–Crippen LogP) is 1.22. The van der Waals surface area contributed by atoms with E-state index in [0.717, 1.165) is 29.8 Å². The number of hydrogen-bond acceptors (Lipinski definition) is 8. The number of benzene rings is 1. The van der Waals surface area contributed by atoms with Crippen molar-refractivity contribution in [3.05, 3.63) is 32.7 Å². The lowest BCUT2D eigenvalue weighted by molar-refractivity contribution is 0.211. The number of rotatable bonds is 4. The second kappa shape index (κ2) is 6.60. The second-order valence-corrected chi connectivity index (χ2v) is 8.45. The van der Waals surface area contributed by atoms with Crippen molar-refractivity contribution in [1.82, 2.24) is 8.94 Å². The van der Waals surface area contributed by atoms with Crippen molar-refractivity contribution in [2.24, 2.45) is 16.8 Å². The molecular formula is C19H22N6O3S. The second-order valence-electron chi connectivity index (χ2n) is 7.65. The van der Waals surface area contributed by atoms with Gasteiger partial charge in [0, 0.05) is 30.4 Å². The summed E-state index contributed by atoms with van der Waals surface area (Å²) in [5.74, 6) is 0.0908. The molecular weight excluding hydrogens is 392 g/mol. The van der Waals surface area contributed by atoms with E-state index in [0.29, 0.717) is 41.6 Å².